The molecule has 0 saturated heterocycles. The molecule has 2 N–H and O–H groups in total. The maximum absolute atomic E-state index is 5.93. The quantitative estimate of drug-likeness (QED) is 0.809. The van der Waals surface area contributed by atoms with E-state index in [0.29, 0.717) is 19.8 Å². The molecular formula is C17H23NO3. The first kappa shape index (κ1) is 15.4. The zero-order valence-corrected chi connectivity index (χ0v) is 12.7. The summed E-state index contributed by atoms with van der Waals surface area (Å²) in [6.07, 6.45) is 2.47. The summed E-state index contributed by atoms with van der Waals surface area (Å²) >= 11 is 0. The topological polar surface area (TPSA) is 57.6 Å². The van der Waals surface area contributed by atoms with Crippen LogP contribution in [0, 0.1) is 0 Å². The van der Waals surface area contributed by atoms with Gasteiger partial charge >= 0.3 is 0 Å². The highest BCUT2D eigenvalue weighted by molar-refractivity contribution is 5.44. The molecule has 2 rings (SSSR count). The lowest BCUT2D eigenvalue weighted by molar-refractivity contribution is 0.287. The van der Waals surface area contributed by atoms with Crippen LogP contribution in [0.3, 0.4) is 0 Å². The summed E-state index contributed by atoms with van der Waals surface area (Å²) in [6.45, 7) is 5.70. The molecule has 1 aromatic carbocycles. The Kier molecular flexibility index (Phi) is 5.69. The van der Waals surface area contributed by atoms with E-state index in [1.165, 1.54) is 0 Å². The van der Waals surface area contributed by atoms with Gasteiger partial charge in [-0.1, -0.05) is 6.07 Å². The van der Waals surface area contributed by atoms with E-state index in [4.69, 9.17) is 19.6 Å². The number of nitrogens with two attached hydrogens (primary N) is 1. The van der Waals surface area contributed by atoms with Crippen LogP contribution in [0.25, 0.3) is 0 Å². The van der Waals surface area contributed by atoms with E-state index in [-0.39, 0.29) is 5.92 Å². The molecule has 0 aliphatic rings. The van der Waals surface area contributed by atoms with Gasteiger partial charge in [0.2, 0.25) is 0 Å². The van der Waals surface area contributed by atoms with Crippen molar-refractivity contribution >= 4 is 0 Å². The predicted molar refractivity (Wildman–Crippen MR) is 83.0 cm³/mol. The first-order valence-electron chi connectivity index (χ1n) is 7.40. The maximum atomic E-state index is 5.93. The van der Waals surface area contributed by atoms with Gasteiger partial charge in [0.25, 0.3) is 0 Å². The normalized spacial score (nSPS) is 12.1. The molecule has 1 aromatic heterocycles. The molecule has 0 amide bonds. The average molecular weight is 289 g/mol. The molecule has 0 aliphatic heterocycles. The van der Waals surface area contributed by atoms with Crippen LogP contribution in [0.15, 0.2) is 41.0 Å². The van der Waals surface area contributed by atoms with Gasteiger partial charge in [0, 0.05) is 12.3 Å². The predicted octanol–water partition coefficient (Wildman–Crippen LogP) is 3.36. The molecule has 1 unspecified atom stereocenters. The van der Waals surface area contributed by atoms with E-state index in [1.807, 2.05) is 44.2 Å². The summed E-state index contributed by atoms with van der Waals surface area (Å²) in [6, 6.07) is 9.89. The van der Waals surface area contributed by atoms with Crippen LogP contribution in [-0.2, 0) is 6.42 Å². The van der Waals surface area contributed by atoms with Crippen LogP contribution in [-0.4, -0.2) is 19.8 Å². The van der Waals surface area contributed by atoms with Crippen molar-refractivity contribution in [3.8, 4) is 11.5 Å². The molecule has 4 nitrogen and oxygen atoms in total. The molecule has 0 saturated carbocycles. The van der Waals surface area contributed by atoms with E-state index in [9.17, 15) is 0 Å². The lowest BCUT2D eigenvalue weighted by Gasteiger charge is -2.17. The minimum absolute atomic E-state index is 0.200. The Morgan fingerprint density at radius 2 is 1.86 bits per heavy atom. The van der Waals surface area contributed by atoms with Gasteiger partial charge < -0.3 is 19.6 Å². The van der Waals surface area contributed by atoms with Gasteiger partial charge in [0.1, 0.15) is 5.76 Å². The van der Waals surface area contributed by atoms with E-state index >= 15 is 0 Å². The second kappa shape index (κ2) is 7.74. The number of benzene rings is 1. The highest BCUT2D eigenvalue weighted by atomic mass is 16.5. The van der Waals surface area contributed by atoms with Crippen LogP contribution in [0.5, 0.6) is 11.5 Å². The highest BCUT2D eigenvalue weighted by Crippen LogP contribution is 2.32. The van der Waals surface area contributed by atoms with Crippen molar-refractivity contribution in [2.24, 2.45) is 5.73 Å². The number of hydrogen-bond donors (Lipinski definition) is 1. The van der Waals surface area contributed by atoms with Gasteiger partial charge in [-0.15, -0.1) is 0 Å². The molecule has 0 spiro atoms. The van der Waals surface area contributed by atoms with Crippen molar-refractivity contribution < 1.29 is 13.9 Å². The Labute approximate surface area is 125 Å². The lowest BCUT2D eigenvalue weighted by Crippen LogP contribution is -2.15. The molecule has 21 heavy (non-hydrogen) atoms. The number of furan rings is 1. The number of hydrogen-bond acceptors (Lipinski definition) is 4. The minimum atomic E-state index is 0.200. The van der Waals surface area contributed by atoms with Crippen molar-refractivity contribution in [1.29, 1.82) is 0 Å². The fraction of sp³-hybridized carbons (Fsp3) is 0.412. The van der Waals surface area contributed by atoms with Crippen LogP contribution < -0.4 is 15.2 Å². The molecular weight excluding hydrogens is 266 g/mol. The molecule has 0 aliphatic carbocycles. The molecule has 0 radical (unpaired) electrons. The zero-order chi connectivity index (χ0) is 15.1. The smallest absolute Gasteiger partial charge is 0.161 e. The molecule has 2 aromatic rings. The second-order valence-electron chi connectivity index (χ2n) is 4.79. The van der Waals surface area contributed by atoms with Crippen molar-refractivity contribution in [2.45, 2.75) is 26.2 Å². The summed E-state index contributed by atoms with van der Waals surface area (Å²) in [5.41, 5.74) is 7.07. The molecule has 0 bridgehead atoms. The third kappa shape index (κ3) is 4.02. The SMILES string of the molecule is CCOc1ccc(C(CN)Cc2ccco2)cc1OCC. The third-order valence-electron chi connectivity index (χ3n) is 3.35. The van der Waals surface area contributed by atoms with Crippen LogP contribution in [0.1, 0.15) is 31.1 Å². The maximum Gasteiger partial charge on any atom is 0.161 e. The summed E-state index contributed by atoms with van der Waals surface area (Å²) < 4.78 is 16.7. The number of rotatable bonds is 8. The third-order valence-corrected chi connectivity index (χ3v) is 3.35. The second-order valence-corrected chi connectivity index (χ2v) is 4.79. The largest absolute Gasteiger partial charge is 0.490 e. The van der Waals surface area contributed by atoms with Crippen molar-refractivity contribution in [1.82, 2.24) is 0 Å². The highest BCUT2D eigenvalue weighted by Gasteiger charge is 2.15. The Balaban J connectivity index is 2.22. The zero-order valence-electron chi connectivity index (χ0n) is 12.7. The fourth-order valence-corrected chi connectivity index (χ4v) is 2.33. The van der Waals surface area contributed by atoms with E-state index < -0.39 is 0 Å². The van der Waals surface area contributed by atoms with Gasteiger partial charge in [0.05, 0.1) is 19.5 Å². The summed E-state index contributed by atoms with van der Waals surface area (Å²) in [5, 5.41) is 0. The molecule has 0 fully saturated rings. The van der Waals surface area contributed by atoms with Crippen molar-refractivity contribution in [2.75, 3.05) is 19.8 Å². The Hall–Kier alpha value is -1.94. The molecule has 1 heterocycles. The minimum Gasteiger partial charge on any atom is -0.490 e. The van der Waals surface area contributed by atoms with E-state index in [1.54, 1.807) is 6.26 Å². The van der Waals surface area contributed by atoms with Gasteiger partial charge in [0.15, 0.2) is 11.5 Å². The van der Waals surface area contributed by atoms with Crippen LogP contribution >= 0.6 is 0 Å². The molecule has 4 heteroatoms. The fourth-order valence-electron chi connectivity index (χ4n) is 2.33. The van der Waals surface area contributed by atoms with Gasteiger partial charge in [-0.3, -0.25) is 0 Å². The van der Waals surface area contributed by atoms with E-state index in [0.717, 1.165) is 29.2 Å². The molecule has 114 valence electrons. The lowest BCUT2D eigenvalue weighted by atomic mass is 9.94. The van der Waals surface area contributed by atoms with Gasteiger partial charge in [-0.25, -0.2) is 0 Å². The Morgan fingerprint density at radius 3 is 2.48 bits per heavy atom. The summed E-state index contributed by atoms with van der Waals surface area (Å²) in [4.78, 5) is 0. The number of ether oxygens (including phenoxy) is 2. The summed E-state index contributed by atoms with van der Waals surface area (Å²) in [7, 11) is 0. The monoisotopic (exact) mass is 289 g/mol. The Morgan fingerprint density at radius 1 is 1.10 bits per heavy atom. The Bertz CT molecular complexity index is 537. The average Bonchev–Trinajstić information content (AvgIpc) is 3.00. The van der Waals surface area contributed by atoms with Gasteiger partial charge in [-0.05, 0) is 50.2 Å². The van der Waals surface area contributed by atoms with Crippen LogP contribution in [0.2, 0.25) is 0 Å². The standard InChI is InChI=1S/C17H23NO3/c1-3-19-16-8-7-13(11-17(16)20-4-2)14(12-18)10-15-6-5-9-21-15/h5-9,11,14H,3-4,10,12,18H2,1-2H3. The first-order chi connectivity index (χ1) is 10.3. The first-order valence-corrected chi connectivity index (χ1v) is 7.40. The molecule has 1 atom stereocenters. The van der Waals surface area contributed by atoms with Crippen molar-refractivity contribution in [3.63, 3.8) is 0 Å². The van der Waals surface area contributed by atoms with Crippen molar-refractivity contribution in [3.05, 3.63) is 47.9 Å². The van der Waals surface area contributed by atoms with Gasteiger partial charge in [-0.2, -0.15) is 0 Å². The van der Waals surface area contributed by atoms with E-state index in [2.05, 4.69) is 0 Å². The summed E-state index contributed by atoms with van der Waals surface area (Å²) in [5.74, 6) is 2.69. The van der Waals surface area contributed by atoms with Crippen LogP contribution in [0.4, 0.5) is 0 Å².